The van der Waals surface area contributed by atoms with E-state index in [0.717, 1.165) is 29.7 Å². The minimum atomic E-state index is -0.142. The zero-order valence-corrected chi connectivity index (χ0v) is 20.6. The van der Waals surface area contributed by atoms with Gasteiger partial charge in [0.2, 0.25) is 0 Å². The lowest BCUT2D eigenvalue weighted by molar-refractivity contribution is 0.0917. The van der Waals surface area contributed by atoms with Crippen molar-refractivity contribution in [3.63, 3.8) is 0 Å². The number of para-hydroxylation sites is 2. The smallest absolute Gasteiger partial charge is 0.265 e. The van der Waals surface area contributed by atoms with Gasteiger partial charge in [-0.1, -0.05) is 35.6 Å². The van der Waals surface area contributed by atoms with Crippen LogP contribution in [-0.4, -0.2) is 39.7 Å². The lowest BCUT2D eigenvalue weighted by atomic mass is 10.1. The number of aromatic nitrogens is 3. The highest BCUT2D eigenvalue weighted by Crippen LogP contribution is 2.31. The molecule has 0 radical (unpaired) electrons. The van der Waals surface area contributed by atoms with Crippen molar-refractivity contribution in [3.05, 3.63) is 94.5 Å². The fourth-order valence-electron chi connectivity index (χ4n) is 4.67. The highest BCUT2D eigenvalue weighted by molar-refractivity contribution is 7.22. The van der Waals surface area contributed by atoms with Crippen molar-refractivity contribution in [1.29, 1.82) is 0 Å². The Bertz CT molecular complexity index is 1600. The van der Waals surface area contributed by atoms with E-state index in [9.17, 15) is 9.59 Å². The fraction of sp³-hybridized carbons (Fsp3) is 0.214. The van der Waals surface area contributed by atoms with Gasteiger partial charge < -0.3 is 4.74 Å². The molecule has 7 nitrogen and oxygen atoms in total. The van der Waals surface area contributed by atoms with E-state index in [0.29, 0.717) is 39.7 Å². The van der Waals surface area contributed by atoms with E-state index in [4.69, 9.17) is 9.72 Å². The monoisotopic (exact) mass is 496 g/mol. The number of amides is 1. The molecule has 0 spiro atoms. The topological polar surface area (TPSA) is 77.3 Å². The molecular weight excluding hydrogens is 472 g/mol. The maximum Gasteiger partial charge on any atom is 0.265 e. The van der Waals surface area contributed by atoms with Crippen LogP contribution >= 0.6 is 11.3 Å². The quantitative estimate of drug-likeness (QED) is 0.337. The van der Waals surface area contributed by atoms with Gasteiger partial charge in [-0.3, -0.25) is 19.1 Å². The van der Waals surface area contributed by atoms with E-state index >= 15 is 0 Å². The van der Waals surface area contributed by atoms with Crippen LogP contribution in [0.2, 0.25) is 0 Å². The second-order valence-electron chi connectivity index (χ2n) is 8.88. The van der Waals surface area contributed by atoms with Crippen LogP contribution in [0.1, 0.15) is 29.0 Å². The van der Waals surface area contributed by atoms with Gasteiger partial charge in [0, 0.05) is 12.2 Å². The molecule has 1 atom stereocenters. The maximum atomic E-state index is 13.7. The summed E-state index contributed by atoms with van der Waals surface area (Å²) in [6, 6.07) is 22.3. The molecule has 1 amide bonds. The molecule has 1 aliphatic heterocycles. The number of benzene rings is 3. The average molecular weight is 497 g/mol. The summed E-state index contributed by atoms with van der Waals surface area (Å²) >= 11 is 1.50. The van der Waals surface area contributed by atoms with Crippen molar-refractivity contribution in [2.45, 2.75) is 25.9 Å². The molecule has 8 heteroatoms. The fourth-order valence-corrected chi connectivity index (χ4v) is 5.65. The SMILES string of the molecule is Cc1nc2ccccc2c(=O)n1-c1ccc(C(=O)N(CC2CCCO2)c2nc3ccccc3s2)cc1. The third kappa shape index (κ3) is 4.08. The normalized spacial score (nSPS) is 15.5. The summed E-state index contributed by atoms with van der Waals surface area (Å²) in [7, 11) is 0. The van der Waals surface area contributed by atoms with Crippen molar-refractivity contribution in [3.8, 4) is 5.69 Å². The second kappa shape index (κ2) is 9.29. The molecule has 0 bridgehead atoms. The number of fused-ring (bicyclic) bond motifs is 2. The Morgan fingerprint density at radius 3 is 2.53 bits per heavy atom. The van der Waals surface area contributed by atoms with Gasteiger partial charge in [0.25, 0.3) is 11.5 Å². The van der Waals surface area contributed by atoms with Gasteiger partial charge in [-0.05, 0) is 68.3 Å². The molecule has 1 saturated heterocycles. The number of carbonyl (C=O) groups is 1. The summed E-state index contributed by atoms with van der Waals surface area (Å²) in [5.41, 5.74) is 2.60. The molecule has 180 valence electrons. The Labute approximate surface area is 211 Å². The van der Waals surface area contributed by atoms with Crippen molar-refractivity contribution in [2.24, 2.45) is 0 Å². The summed E-state index contributed by atoms with van der Waals surface area (Å²) in [5, 5.41) is 1.22. The van der Waals surface area contributed by atoms with Crippen molar-refractivity contribution in [1.82, 2.24) is 14.5 Å². The number of carbonyl (C=O) groups excluding carboxylic acids is 1. The first-order valence-electron chi connectivity index (χ1n) is 12.0. The molecule has 0 saturated carbocycles. The predicted molar refractivity (Wildman–Crippen MR) is 142 cm³/mol. The van der Waals surface area contributed by atoms with E-state index in [2.05, 4.69) is 4.98 Å². The molecule has 3 aromatic carbocycles. The van der Waals surface area contributed by atoms with Gasteiger partial charge in [-0.2, -0.15) is 0 Å². The van der Waals surface area contributed by atoms with Crippen LogP contribution < -0.4 is 10.5 Å². The molecule has 0 aliphatic carbocycles. The summed E-state index contributed by atoms with van der Waals surface area (Å²) in [6.45, 7) is 2.98. The molecule has 6 rings (SSSR count). The lowest BCUT2D eigenvalue weighted by Crippen LogP contribution is -2.37. The van der Waals surface area contributed by atoms with E-state index in [-0.39, 0.29) is 17.6 Å². The average Bonchev–Trinajstić information content (AvgIpc) is 3.57. The van der Waals surface area contributed by atoms with Gasteiger partial charge in [-0.15, -0.1) is 0 Å². The standard InChI is InChI=1S/C28H24N4O3S/c1-18-29-23-9-3-2-8-22(23)27(34)32(18)20-14-12-19(13-15-20)26(33)31(17-21-7-6-16-35-21)28-30-24-10-4-5-11-25(24)36-28/h2-5,8-15,21H,6-7,16-17H2,1H3. The molecule has 3 heterocycles. The Kier molecular flexibility index (Phi) is 5.83. The van der Waals surface area contributed by atoms with Crippen LogP contribution in [0, 0.1) is 6.92 Å². The first-order chi connectivity index (χ1) is 17.6. The van der Waals surface area contributed by atoms with Crippen LogP contribution in [0.3, 0.4) is 0 Å². The molecule has 0 N–H and O–H groups in total. The van der Waals surface area contributed by atoms with Gasteiger partial charge in [0.05, 0.1) is 39.5 Å². The van der Waals surface area contributed by atoms with Gasteiger partial charge in [0.15, 0.2) is 5.13 Å². The zero-order valence-electron chi connectivity index (χ0n) is 19.8. The number of aryl methyl sites for hydroxylation is 1. The summed E-state index contributed by atoms with van der Waals surface area (Å²) in [5.74, 6) is 0.448. The minimum absolute atomic E-state index is 0.00913. The Morgan fingerprint density at radius 2 is 1.78 bits per heavy atom. The van der Waals surface area contributed by atoms with Crippen LogP contribution in [0.25, 0.3) is 26.8 Å². The molecule has 1 fully saturated rings. The Morgan fingerprint density at radius 1 is 1.03 bits per heavy atom. The van der Waals surface area contributed by atoms with Gasteiger partial charge >= 0.3 is 0 Å². The van der Waals surface area contributed by atoms with E-state index in [1.54, 1.807) is 39.8 Å². The van der Waals surface area contributed by atoms with Crippen molar-refractivity contribution < 1.29 is 9.53 Å². The Hall–Kier alpha value is -3.88. The number of rotatable bonds is 5. The van der Waals surface area contributed by atoms with E-state index in [1.165, 1.54) is 11.3 Å². The number of hydrogen-bond acceptors (Lipinski definition) is 6. The summed E-state index contributed by atoms with van der Waals surface area (Å²) in [4.78, 5) is 37.9. The molecular formula is C28H24N4O3S. The predicted octanol–water partition coefficient (Wildman–Crippen LogP) is 5.13. The lowest BCUT2D eigenvalue weighted by Gasteiger charge is -2.23. The molecule has 5 aromatic rings. The number of thiazole rings is 1. The van der Waals surface area contributed by atoms with Crippen LogP contribution in [0.4, 0.5) is 5.13 Å². The minimum Gasteiger partial charge on any atom is -0.376 e. The van der Waals surface area contributed by atoms with Crippen molar-refractivity contribution in [2.75, 3.05) is 18.1 Å². The van der Waals surface area contributed by atoms with E-state index < -0.39 is 0 Å². The summed E-state index contributed by atoms with van der Waals surface area (Å²) in [6.07, 6.45) is 1.91. The Balaban J connectivity index is 1.35. The molecule has 36 heavy (non-hydrogen) atoms. The maximum absolute atomic E-state index is 13.7. The second-order valence-corrected chi connectivity index (χ2v) is 9.89. The number of hydrogen-bond donors (Lipinski definition) is 0. The third-order valence-electron chi connectivity index (χ3n) is 6.48. The van der Waals surface area contributed by atoms with Crippen LogP contribution in [0.5, 0.6) is 0 Å². The molecule has 1 unspecified atom stereocenters. The number of anilines is 1. The summed E-state index contributed by atoms with van der Waals surface area (Å²) < 4.78 is 8.45. The van der Waals surface area contributed by atoms with Crippen molar-refractivity contribution >= 4 is 43.5 Å². The highest BCUT2D eigenvalue weighted by Gasteiger charge is 2.27. The van der Waals surface area contributed by atoms with Crippen LogP contribution in [0.15, 0.2) is 77.6 Å². The zero-order chi connectivity index (χ0) is 24.6. The van der Waals surface area contributed by atoms with Gasteiger partial charge in [-0.25, -0.2) is 9.97 Å². The largest absolute Gasteiger partial charge is 0.376 e. The van der Waals surface area contributed by atoms with Gasteiger partial charge in [0.1, 0.15) is 5.82 Å². The third-order valence-corrected chi connectivity index (χ3v) is 7.54. The molecule has 2 aromatic heterocycles. The first-order valence-corrected chi connectivity index (χ1v) is 12.8. The number of nitrogens with zero attached hydrogens (tertiary/aromatic N) is 4. The first kappa shape index (κ1) is 22.6. The van der Waals surface area contributed by atoms with Crippen LogP contribution in [-0.2, 0) is 4.74 Å². The number of ether oxygens (including phenoxy) is 1. The van der Waals surface area contributed by atoms with E-state index in [1.807, 2.05) is 49.4 Å². The highest BCUT2D eigenvalue weighted by atomic mass is 32.1. The molecule has 1 aliphatic rings.